The van der Waals surface area contributed by atoms with Gasteiger partial charge in [0.25, 0.3) is 5.91 Å². The van der Waals surface area contributed by atoms with E-state index in [0.29, 0.717) is 24.3 Å². The molecule has 1 radical (unpaired) electrons. The van der Waals surface area contributed by atoms with E-state index in [9.17, 15) is 14.7 Å². The van der Waals surface area contributed by atoms with Gasteiger partial charge in [-0.3, -0.25) is 4.79 Å². The van der Waals surface area contributed by atoms with Crippen LogP contribution in [0.4, 0.5) is 0 Å². The standard InChI is InChI=1S/C29H39NO4S.Li/c1-21-9-6-7-13-24(21)26-19-23(20-34-17-8-12-22-10-4-3-5-11-22)14-15-25(26)28(31)30-27(29(32)33)16-18-35-2;/h6-7,9,13-15,19,22,27H,3-5,8,10-12,16-18,20H2,1-2H3,(H,30,31)(H,32,33);/t27-;/m0./s1. The number of hydrogen-bond donors (Lipinski definition) is 2. The van der Waals surface area contributed by atoms with E-state index in [1.165, 1.54) is 38.5 Å². The number of benzene rings is 2. The number of carbonyl (C=O) groups is 2. The second kappa shape index (κ2) is 16.2. The number of nitrogens with one attached hydrogen (secondary N) is 1. The van der Waals surface area contributed by atoms with Gasteiger partial charge >= 0.3 is 5.97 Å². The summed E-state index contributed by atoms with van der Waals surface area (Å²) < 4.78 is 5.99. The predicted octanol–water partition coefficient (Wildman–Crippen LogP) is 6.09. The van der Waals surface area contributed by atoms with Crippen molar-refractivity contribution in [1.82, 2.24) is 5.32 Å². The molecule has 3 rings (SSSR count). The number of carboxylic acids is 1. The molecule has 0 aromatic heterocycles. The van der Waals surface area contributed by atoms with Crippen molar-refractivity contribution in [3.8, 4) is 11.1 Å². The fourth-order valence-electron chi connectivity index (χ4n) is 4.85. The van der Waals surface area contributed by atoms with Gasteiger partial charge in [-0.25, -0.2) is 4.79 Å². The van der Waals surface area contributed by atoms with E-state index in [1.807, 2.05) is 49.6 Å². The average molecular weight is 505 g/mol. The van der Waals surface area contributed by atoms with E-state index in [2.05, 4.69) is 5.32 Å². The molecule has 0 bridgehead atoms. The zero-order chi connectivity index (χ0) is 25.0. The van der Waals surface area contributed by atoms with Crippen LogP contribution in [0, 0.1) is 12.8 Å². The molecule has 5 nitrogen and oxygen atoms in total. The Kier molecular flexibility index (Phi) is 13.7. The summed E-state index contributed by atoms with van der Waals surface area (Å²) in [7, 11) is 0. The fraction of sp³-hybridized carbons (Fsp3) is 0.517. The molecule has 2 aromatic carbocycles. The van der Waals surface area contributed by atoms with E-state index in [-0.39, 0.29) is 24.8 Å². The molecule has 1 amide bonds. The van der Waals surface area contributed by atoms with Crippen molar-refractivity contribution in [2.75, 3.05) is 18.6 Å². The van der Waals surface area contributed by atoms with Crippen LogP contribution in [-0.2, 0) is 16.1 Å². The third kappa shape index (κ3) is 9.30. The molecule has 36 heavy (non-hydrogen) atoms. The largest absolute Gasteiger partial charge is 0.480 e. The number of carboxylic acid groups (broad SMARTS) is 1. The number of ether oxygens (including phenoxy) is 1. The van der Waals surface area contributed by atoms with Crippen molar-refractivity contribution >= 4 is 42.5 Å². The van der Waals surface area contributed by atoms with E-state index in [4.69, 9.17) is 4.74 Å². The minimum atomic E-state index is -1.01. The molecule has 191 valence electrons. The molecule has 1 atom stereocenters. The van der Waals surface area contributed by atoms with E-state index in [1.54, 1.807) is 17.8 Å². The Hall–Kier alpha value is -1.71. The predicted molar refractivity (Wildman–Crippen MR) is 150 cm³/mol. The maximum Gasteiger partial charge on any atom is 0.326 e. The van der Waals surface area contributed by atoms with Gasteiger partial charge in [0.1, 0.15) is 6.04 Å². The van der Waals surface area contributed by atoms with Gasteiger partial charge in [-0.15, -0.1) is 0 Å². The molecule has 0 saturated heterocycles. The zero-order valence-corrected chi connectivity index (χ0v) is 22.9. The molecule has 2 aromatic rings. The van der Waals surface area contributed by atoms with Gasteiger partial charge in [-0.1, -0.05) is 62.4 Å². The van der Waals surface area contributed by atoms with E-state index >= 15 is 0 Å². The Morgan fingerprint density at radius 3 is 2.56 bits per heavy atom. The van der Waals surface area contributed by atoms with Gasteiger partial charge in [0.15, 0.2) is 0 Å². The van der Waals surface area contributed by atoms with Crippen LogP contribution in [0.15, 0.2) is 42.5 Å². The van der Waals surface area contributed by atoms with Crippen LogP contribution < -0.4 is 5.32 Å². The number of amides is 1. The summed E-state index contributed by atoms with van der Waals surface area (Å²) in [4.78, 5) is 24.8. The van der Waals surface area contributed by atoms with E-state index in [0.717, 1.165) is 41.2 Å². The Bertz CT molecular complexity index is 977. The van der Waals surface area contributed by atoms with E-state index < -0.39 is 12.0 Å². The number of aryl methyl sites for hydroxylation is 1. The summed E-state index contributed by atoms with van der Waals surface area (Å²) in [5, 5.41) is 12.3. The van der Waals surface area contributed by atoms with Crippen molar-refractivity contribution in [2.24, 2.45) is 5.92 Å². The fourth-order valence-corrected chi connectivity index (χ4v) is 5.32. The maximum atomic E-state index is 13.2. The van der Waals surface area contributed by atoms with Crippen molar-refractivity contribution < 1.29 is 19.4 Å². The van der Waals surface area contributed by atoms with Crippen molar-refractivity contribution in [3.05, 3.63) is 59.2 Å². The molecule has 1 fully saturated rings. The van der Waals surface area contributed by atoms with Crippen LogP contribution in [0.25, 0.3) is 11.1 Å². The van der Waals surface area contributed by atoms with Gasteiger partial charge < -0.3 is 15.2 Å². The first-order valence-electron chi connectivity index (χ1n) is 12.8. The monoisotopic (exact) mass is 504 g/mol. The summed E-state index contributed by atoms with van der Waals surface area (Å²) in [5.74, 6) is 0.155. The first-order chi connectivity index (χ1) is 17.0. The van der Waals surface area contributed by atoms with Crippen LogP contribution in [0.1, 0.15) is 72.9 Å². The number of rotatable bonds is 13. The van der Waals surface area contributed by atoms with Crippen molar-refractivity contribution in [2.45, 2.75) is 70.9 Å². The molecule has 0 heterocycles. The third-order valence-electron chi connectivity index (χ3n) is 6.87. The molecule has 1 saturated carbocycles. The number of aliphatic carboxylic acids is 1. The van der Waals surface area contributed by atoms with Crippen molar-refractivity contribution in [1.29, 1.82) is 0 Å². The summed E-state index contributed by atoms with van der Waals surface area (Å²) >= 11 is 1.56. The summed E-state index contributed by atoms with van der Waals surface area (Å²) in [6.45, 7) is 3.26. The van der Waals surface area contributed by atoms with Crippen LogP contribution in [0.5, 0.6) is 0 Å². The summed E-state index contributed by atoms with van der Waals surface area (Å²) in [6.07, 6.45) is 11.5. The Balaban J connectivity index is 0.00000456. The molecule has 0 spiro atoms. The van der Waals surface area contributed by atoms with Gasteiger partial charge in [-0.2, -0.15) is 11.8 Å². The maximum absolute atomic E-state index is 13.2. The smallest absolute Gasteiger partial charge is 0.326 e. The Morgan fingerprint density at radius 2 is 1.86 bits per heavy atom. The molecule has 0 aliphatic heterocycles. The van der Waals surface area contributed by atoms with Crippen molar-refractivity contribution in [3.63, 3.8) is 0 Å². The molecular weight excluding hydrogens is 465 g/mol. The summed E-state index contributed by atoms with van der Waals surface area (Å²) in [5.41, 5.74) is 4.32. The molecule has 1 aliphatic carbocycles. The van der Waals surface area contributed by atoms with Gasteiger partial charge in [0.2, 0.25) is 0 Å². The number of hydrogen-bond acceptors (Lipinski definition) is 4. The SMILES string of the molecule is CSCC[C@H](NC(=O)c1ccc(COCCCC2CCCCC2)cc1-c1ccccc1C)C(=O)O.[Li]. The third-order valence-corrected chi connectivity index (χ3v) is 7.52. The minimum absolute atomic E-state index is 0. The minimum Gasteiger partial charge on any atom is -0.480 e. The quantitative estimate of drug-likeness (QED) is 0.255. The van der Waals surface area contributed by atoms with Crippen LogP contribution in [0.3, 0.4) is 0 Å². The van der Waals surface area contributed by atoms with Gasteiger partial charge in [-0.05, 0) is 78.5 Å². The summed E-state index contributed by atoms with van der Waals surface area (Å²) in [6, 6.07) is 12.8. The molecular formula is C29H39LiNO4S. The van der Waals surface area contributed by atoms with Gasteiger partial charge in [0.05, 0.1) is 6.61 Å². The second-order valence-electron chi connectivity index (χ2n) is 9.54. The molecule has 1 aliphatic rings. The van der Waals surface area contributed by atoms with Crippen LogP contribution in [0.2, 0.25) is 0 Å². The first-order valence-corrected chi connectivity index (χ1v) is 14.2. The average Bonchev–Trinajstić information content (AvgIpc) is 2.87. The topological polar surface area (TPSA) is 75.6 Å². The first kappa shape index (κ1) is 30.5. The Labute approximate surface area is 232 Å². The normalized spacial score (nSPS) is 14.6. The molecule has 2 N–H and O–H groups in total. The Morgan fingerprint density at radius 1 is 1.11 bits per heavy atom. The molecule has 7 heteroatoms. The zero-order valence-electron chi connectivity index (χ0n) is 22.1. The van der Waals surface area contributed by atoms with Crippen LogP contribution in [-0.4, -0.2) is 60.5 Å². The van der Waals surface area contributed by atoms with Gasteiger partial charge in [0, 0.05) is 31.0 Å². The number of thioether (sulfide) groups is 1. The number of carbonyl (C=O) groups excluding carboxylic acids is 1. The molecule has 0 unspecified atom stereocenters. The second-order valence-corrected chi connectivity index (χ2v) is 10.5. The van der Waals surface area contributed by atoms with Crippen LogP contribution >= 0.6 is 11.8 Å².